The SMILES string of the molecule is COc1c(-c2cc(Cl)cc(C(=O)O)c2)ccc(C)c1C. The minimum absolute atomic E-state index is 0.160. The Kier molecular flexibility index (Phi) is 4.00. The number of benzene rings is 2. The molecule has 2 aromatic rings. The fourth-order valence-electron chi connectivity index (χ4n) is 2.15. The number of aromatic carboxylic acids is 1. The molecule has 104 valence electrons. The summed E-state index contributed by atoms with van der Waals surface area (Å²) in [6.07, 6.45) is 0. The number of methoxy groups -OCH3 is 1. The summed E-state index contributed by atoms with van der Waals surface area (Å²) in [6.45, 7) is 3.97. The van der Waals surface area contributed by atoms with Crippen LogP contribution >= 0.6 is 11.6 Å². The van der Waals surface area contributed by atoms with E-state index in [2.05, 4.69) is 0 Å². The Bertz CT molecular complexity index is 678. The van der Waals surface area contributed by atoms with Crippen LogP contribution in [0.25, 0.3) is 11.1 Å². The lowest BCUT2D eigenvalue weighted by molar-refractivity contribution is 0.0697. The molecule has 0 aliphatic rings. The summed E-state index contributed by atoms with van der Waals surface area (Å²) < 4.78 is 5.46. The molecule has 0 fully saturated rings. The van der Waals surface area contributed by atoms with Crippen molar-refractivity contribution in [2.24, 2.45) is 0 Å². The highest BCUT2D eigenvalue weighted by Gasteiger charge is 2.13. The Balaban J connectivity index is 2.68. The van der Waals surface area contributed by atoms with Crippen LogP contribution in [0.3, 0.4) is 0 Å². The van der Waals surface area contributed by atoms with Crippen molar-refractivity contribution >= 4 is 17.6 Å². The zero-order valence-corrected chi connectivity index (χ0v) is 12.3. The van der Waals surface area contributed by atoms with Crippen molar-refractivity contribution in [3.8, 4) is 16.9 Å². The van der Waals surface area contributed by atoms with Gasteiger partial charge in [-0.1, -0.05) is 23.7 Å². The van der Waals surface area contributed by atoms with E-state index < -0.39 is 5.97 Å². The van der Waals surface area contributed by atoms with Gasteiger partial charge in [-0.25, -0.2) is 4.79 Å². The van der Waals surface area contributed by atoms with E-state index in [0.717, 1.165) is 28.0 Å². The fourth-order valence-corrected chi connectivity index (χ4v) is 2.38. The number of rotatable bonds is 3. The van der Waals surface area contributed by atoms with Crippen LogP contribution in [-0.4, -0.2) is 18.2 Å². The van der Waals surface area contributed by atoms with E-state index in [1.807, 2.05) is 26.0 Å². The van der Waals surface area contributed by atoms with Gasteiger partial charge >= 0.3 is 5.97 Å². The average molecular weight is 291 g/mol. The van der Waals surface area contributed by atoms with Crippen molar-refractivity contribution in [2.75, 3.05) is 7.11 Å². The van der Waals surface area contributed by atoms with Gasteiger partial charge in [-0.05, 0) is 48.7 Å². The highest BCUT2D eigenvalue weighted by atomic mass is 35.5. The van der Waals surface area contributed by atoms with Gasteiger partial charge in [-0.15, -0.1) is 0 Å². The summed E-state index contributed by atoms with van der Waals surface area (Å²) in [5.74, 6) is -0.264. The predicted molar refractivity (Wildman–Crippen MR) is 79.9 cm³/mol. The Morgan fingerprint density at radius 2 is 1.90 bits per heavy atom. The Hall–Kier alpha value is -2.00. The molecule has 0 radical (unpaired) electrons. The van der Waals surface area contributed by atoms with Crippen LogP contribution in [0, 0.1) is 13.8 Å². The first-order valence-corrected chi connectivity index (χ1v) is 6.50. The number of ether oxygens (including phenoxy) is 1. The highest BCUT2D eigenvalue weighted by molar-refractivity contribution is 6.31. The zero-order valence-electron chi connectivity index (χ0n) is 11.5. The summed E-state index contributed by atoms with van der Waals surface area (Å²) in [6, 6.07) is 8.66. The largest absolute Gasteiger partial charge is 0.496 e. The quantitative estimate of drug-likeness (QED) is 0.915. The first kappa shape index (κ1) is 14.4. The predicted octanol–water partition coefficient (Wildman–Crippen LogP) is 4.33. The molecule has 0 spiro atoms. The molecule has 0 atom stereocenters. The highest BCUT2D eigenvalue weighted by Crippen LogP contribution is 2.36. The molecule has 20 heavy (non-hydrogen) atoms. The third kappa shape index (κ3) is 2.63. The van der Waals surface area contributed by atoms with Crippen LogP contribution in [0.15, 0.2) is 30.3 Å². The van der Waals surface area contributed by atoms with Gasteiger partial charge in [-0.3, -0.25) is 0 Å². The van der Waals surface area contributed by atoms with Gasteiger partial charge in [0.25, 0.3) is 0 Å². The molecule has 0 bridgehead atoms. The molecule has 0 saturated heterocycles. The summed E-state index contributed by atoms with van der Waals surface area (Å²) in [5, 5.41) is 9.50. The maximum absolute atomic E-state index is 11.1. The van der Waals surface area contributed by atoms with Crippen molar-refractivity contribution in [3.05, 3.63) is 52.0 Å². The Morgan fingerprint density at radius 3 is 2.50 bits per heavy atom. The smallest absolute Gasteiger partial charge is 0.335 e. The maximum atomic E-state index is 11.1. The van der Waals surface area contributed by atoms with Gasteiger partial charge in [0.15, 0.2) is 0 Å². The van der Waals surface area contributed by atoms with E-state index in [-0.39, 0.29) is 5.56 Å². The number of carboxylic acids is 1. The first-order chi connectivity index (χ1) is 9.43. The average Bonchev–Trinajstić information content (AvgIpc) is 2.40. The van der Waals surface area contributed by atoms with E-state index >= 15 is 0 Å². The molecule has 0 heterocycles. The molecule has 0 saturated carbocycles. The number of carboxylic acid groups (broad SMARTS) is 1. The number of aryl methyl sites for hydroxylation is 1. The van der Waals surface area contributed by atoms with Crippen LogP contribution < -0.4 is 4.74 Å². The van der Waals surface area contributed by atoms with Crippen LogP contribution in [-0.2, 0) is 0 Å². The number of hydrogen-bond donors (Lipinski definition) is 1. The summed E-state index contributed by atoms with van der Waals surface area (Å²) in [5.41, 5.74) is 3.87. The monoisotopic (exact) mass is 290 g/mol. The molecule has 2 aromatic carbocycles. The van der Waals surface area contributed by atoms with Crippen LogP contribution in [0.4, 0.5) is 0 Å². The van der Waals surface area contributed by atoms with Crippen molar-refractivity contribution in [2.45, 2.75) is 13.8 Å². The molecule has 2 rings (SSSR count). The van der Waals surface area contributed by atoms with Gasteiger partial charge in [0.2, 0.25) is 0 Å². The van der Waals surface area contributed by atoms with Gasteiger partial charge in [0.1, 0.15) is 5.75 Å². The summed E-state index contributed by atoms with van der Waals surface area (Å²) in [7, 11) is 1.61. The van der Waals surface area contributed by atoms with Crippen molar-refractivity contribution in [1.29, 1.82) is 0 Å². The van der Waals surface area contributed by atoms with Gasteiger partial charge in [0, 0.05) is 10.6 Å². The minimum atomic E-state index is -1.00. The Morgan fingerprint density at radius 1 is 1.20 bits per heavy atom. The molecular weight excluding hydrogens is 276 g/mol. The van der Waals surface area contributed by atoms with E-state index in [1.165, 1.54) is 6.07 Å². The van der Waals surface area contributed by atoms with Crippen molar-refractivity contribution in [1.82, 2.24) is 0 Å². The van der Waals surface area contributed by atoms with Crippen LogP contribution in [0.2, 0.25) is 5.02 Å². The molecule has 0 aliphatic heterocycles. The summed E-state index contributed by atoms with van der Waals surface area (Å²) >= 11 is 6.01. The molecule has 0 unspecified atom stereocenters. The third-order valence-electron chi connectivity index (χ3n) is 3.34. The second-order valence-corrected chi connectivity index (χ2v) is 5.06. The topological polar surface area (TPSA) is 46.5 Å². The molecule has 3 nitrogen and oxygen atoms in total. The zero-order chi connectivity index (χ0) is 14.9. The van der Waals surface area contributed by atoms with Gasteiger partial charge in [0.05, 0.1) is 12.7 Å². The second kappa shape index (κ2) is 5.55. The standard InChI is InChI=1S/C16H15ClO3/c1-9-4-5-14(15(20-3)10(9)2)11-6-12(16(18)19)8-13(17)7-11/h4-8H,1-3H3,(H,18,19). The van der Waals surface area contributed by atoms with E-state index in [4.69, 9.17) is 21.4 Å². The van der Waals surface area contributed by atoms with E-state index in [0.29, 0.717) is 5.02 Å². The summed E-state index contributed by atoms with van der Waals surface area (Å²) in [4.78, 5) is 11.1. The second-order valence-electron chi connectivity index (χ2n) is 4.62. The van der Waals surface area contributed by atoms with Crippen molar-refractivity contribution in [3.63, 3.8) is 0 Å². The maximum Gasteiger partial charge on any atom is 0.335 e. The molecule has 1 N–H and O–H groups in total. The molecular formula is C16H15ClO3. The van der Waals surface area contributed by atoms with Gasteiger partial charge in [-0.2, -0.15) is 0 Å². The van der Waals surface area contributed by atoms with Crippen LogP contribution in [0.1, 0.15) is 21.5 Å². The Labute approximate surface area is 122 Å². The van der Waals surface area contributed by atoms with Gasteiger partial charge < -0.3 is 9.84 Å². The van der Waals surface area contributed by atoms with Crippen molar-refractivity contribution < 1.29 is 14.6 Å². The molecule has 0 aromatic heterocycles. The fraction of sp³-hybridized carbons (Fsp3) is 0.188. The normalized spacial score (nSPS) is 10.4. The number of hydrogen-bond acceptors (Lipinski definition) is 2. The van der Waals surface area contributed by atoms with E-state index in [9.17, 15) is 4.79 Å². The minimum Gasteiger partial charge on any atom is -0.496 e. The lowest BCUT2D eigenvalue weighted by Gasteiger charge is -2.14. The molecule has 4 heteroatoms. The third-order valence-corrected chi connectivity index (χ3v) is 3.55. The van der Waals surface area contributed by atoms with Crippen LogP contribution in [0.5, 0.6) is 5.75 Å². The number of carbonyl (C=O) groups is 1. The lowest BCUT2D eigenvalue weighted by Crippen LogP contribution is -1.98. The number of halogens is 1. The molecule has 0 amide bonds. The molecule has 0 aliphatic carbocycles. The first-order valence-electron chi connectivity index (χ1n) is 6.12. The van der Waals surface area contributed by atoms with E-state index in [1.54, 1.807) is 19.2 Å². The lowest BCUT2D eigenvalue weighted by atomic mass is 9.97.